The molecule has 3 heterocycles. The molecule has 0 spiro atoms. The normalized spacial score (nSPS) is 17.9. The molecule has 1 atom stereocenters. The fourth-order valence-electron chi connectivity index (χ4n) is 5.65. The third-order valence-electron chi connectivity index (χ3n) is 7.97. The lowest BCUT2D eigenvalue weighted by atomic mass is 9.81. The van der Waals surface area contributed by atoms with Gasteiger partial charge in [0.25, 0.3) is 0 Å². The average molecular weight is 552 g/mol. The molecule has 1 aliphatic carbocycles. The zero-order valence-electron chi connectivity index (χ0n) is 24.9. The largest absolute Gasteiger partial charge is 0.394 e. The molecule has 2 N–H and O–H groups in total. The Balaban J connectivity index is 1.47. The lowest BCUT2D eigenvalue weighted by Crippen LogP contribution is -2.15. The van der Waals surface area contributed by atoms with E-state index in [9.17, 15) is 5.11 Å². The van der Waals surface area contributed by atoms with Crippen LogP contribution in [0, 0.1) is 5.92 Å². The highest BCUT2D eigenvalue weighted by molar-refractivity contribution is 6.10. The molecule has 0 saturated carbocycles. The molecule has 1 aromatic carbocycles. The zero-order chi connectivity index (χ0) is 28.9. The number of fused-ring (bicyclic) bond motifs is 3. The number of rotatable bonds is 8. The van der Waals surface area contributed by atoms with E-state index >= 15 is 0 Å². The second-order valence-electron chi connectivity index (χ2n) is 11.0. The number of nitrogens with zero attached hydrogens (tertiary/aromatic N) is 6. The molecule has 41 heavy (non-hydrogen) atoms. The van der Waals surface area contributed by atoms with Crippen molar-refractivity contribution in [2.24, 2.45) is 23.0 Å². The van der Waals surface area contributed by atoms with Crippen molar-refractivity contribution in [1.29, 1.82) is 0 Å². The van der Waals surface area contributed by atoms with E-state index < -0.39 is 0 Å². The van der Waals surface area contributed by atoms with Gasteiger partial charge in [-0.3, -0.25) is 14.4 Å². The maximum atomic E-state index is 9.18. The summed E-state index contributed by atoms with van der Waals surface area (Å²) >= 11 is 0. The van der Waals surface area contributed by atoms with E-state index in [1.165, 1.54) is 27.8 Å². The summed E-state index contributed by atoms with van der Waals surface area (Å²) in [4.78, 5) is 9.18. The minimum Gasteiger partial charge on any atom is -0.394 e. The van der Waals surface area contributed by atoms with E-state index in [1.807, 2.05) is 36.4 Å². The van der Waals surface area contributed by atoms with Crippen molar-refractivity contribution in [2.75, 3.05) is 19.0 Å². The molecule has 214 valence electrons. The number of aliphatic hydroxyl groups is 1. The van der Waals surface area contributed by atoms with E-state index in [-0.39, 0.29) is 6.61 Å². The van der Waals surface area contributed by atoms with Crippen molar-refractivity contribution < 1.29 is 5.11 Å². The standard InChI is InChI=1S/C33H41N7O/c1-6-22(2)19-27(20-34-4)24-8-10-25(11-9-24)33-32-28(37-39(33)5)13-12-26-21-35-29(14-7-23(3)31(26)32)36-30-15-16-40(38-30)17-18-41/h8-11,15-16,19-22,41H,6-7,12-14,17-18H2,1-5H3,(H,35,36,38)/b26-21-,27-19+,31-23?,34-20?. The summed E-state index contributed by atoms with van der Waals surface area (Å²) in [5.74, 6) is 2.14. The highest BCUT2D eigenvalue weighted by atomic mass is 16.3. The Morgan fingerprint density at radius 1 is 1.12 bits per heavy atom. The van der Waals surface area contributed by atoms with Crippen LogP contribution in [0.5, 0.6) is 0 Å². The molecule has 2 aliphatic rings. The second kappa shape index (κ2) is 12.6. The Morgan fingerprint density at radius 2 is 1.93 bits per heavy atom. The lowest BCUT2D eigenvalue weighted by Gasteiger charge is -2.24. The zero-order valence-corrected chi connectivity index (χ0v) is 24.9. The number of nitrogens with one attached hydrogen (secondary N) is 1. The van der Waals surface area contributed by atoms with Crippen molar-refractivity contribution in [2.45, 2.75) is 59.4 Å². The van der Waals surface area contributed by atoms with Gasteiger partial charge in [-0.15, -0.1) is 0 Å². The quantitative estimate of drug-likeness (QED) is 0.321. The maximum absolute atomic E-state index is 9.18. The third-order valence-corrected chi connectivity index (χ3v) is 7.97. The first-order valence-electron chi connectivity index (χ1n) is 14.6. The van der Waals surface area contributed by atoms with Crippen molar-refractivity contribution in [3.63, 3.8) is 0 Å². The number of aromatic nitrogens is 4. The van der Waals surface area contributed by atoms with Crippen LogP contribution in [0.15, 0.2) is 69.9 Å². The maximum Gasteiger partial charge on any atom is 0.153 e. The summed E-state index contributed by atoms with van der Waals surface area (Å²) in [6, 6.07) is 10.7. The van der Waals surface area contributed by atoms with E-state index in [0.717, 1.165) is 66.3 Å². The van der Waals surface area contributed by atoms with Crippen LogP contribution < -0.4 is 5.32 Å². The van der Waals surface area contributed by atoms with Gasteiger partial charge in [0.1, 0.15) is 5.84 Å². The monoisotopic (exact) mass is 551 g/mol. The fraction of sp³-hybridized carbons (Fsp3) is 0.394. The smallest absolute Gasteiger partial charge is 0.153 e. The minimum atomic E-state index is 0.0629. The van der Waals surface area contributed by atoms with Gasteiger partial charge in [0.05, 0.1) is 24.5 Å². The van der Waals surface area contributed by atoms with Gasteiger partial charge >= 0.3 is 0 Å². The molecule has 0 fully saturated rings. The summed E-state index contributed by atoms with van der Waals surface area (Å²) in [7, 11) is 3.88. The highest BCUT2D eigenvalue weighted by Crippen LogP contribution is 2.44. The van der Waals surface area contributed by atoms with Crippen molar-refractivity contribution in [1.82, 2.24) is 19.6 Å². The summed E-state index contributed by atoms with van der Waals surface area (Å²) < 4.78 is 3.77. The van der Waals surface area contributed by atoms with Crippen molar-refractivity contribution >= 4 is 29.0 Å². The second-order valence-corrected chi connectivity index (χ2v) is 11.0. The predicted molar refractivity (Wildman–Crippen MR) is 169 cm³/mol. The van der Waals surface area contributed by atoms with Gasteiger partial charge in [-0.25, -0.2) is 4.99 Å². The highest BCUT2D eigenvalue weighted by Gasteiger charge is 2.29. The van der Waals surface area contributed by atoms with E-state index in [1.54, 1.807) is 4.68 Å². The SMILES string of the molecule is CCC(C)/C=C(\C=NC)c1ccc(-c2c3c(nn2C)CC/C2=C/N=C(Nc4ccn(CCO)n4)CCC(C)=C23)cc1. The number of benzene rings is 1. The number of aryl methyl sites for hydroxylation is 2. The Kier molecular flexibility index (Phi) is 8.78. The van der Waals surface area contributed by atoms with Gasteiger partial charge in [0.2, 0.25) is 0 Å². The Hall–Kier alpha value is -4.04. The number of aliphatic hydroxyl groups excluding tert-OH is 1. The Bertz CT molecular complexity index is 1550. The topological polar surface area (TPSA) is 92.6 Å². The van der Waals surface area contributed by atoms with Crippen LogP contribution in [-0.2, 0) is 20.0 Å². The van der Waals surface area contributed by atoms with E-state index in [4.69, 9.17) is 10.1 Å². The van der Waals surface area contributed by atoms with Gasteiger partial charge in [0.15, 0.2) is 5.82 Å². The molecule has 1 unspecified atom stereocenters. The first-order valence-corrected chi connectivity index (χ1v) is 14.6. The molecule has 1 aliphatic heterocycles. The molecule has 8 nitrogen and oxygen atoms in total. The number of hydrogen-bond donors (Lipinski definition) is 2. The van der Waals surface area contributed by atoms with E-state index in [2.05, 4.69) is 73.6 Å². The van der Waals surface area contributed by atoms with E-state index in [0.29, 0.717) is 12.5 Å². The molecule has 0 amide bonds. The molecule has 5 rings (SSSR count). The fourth-order valence-corrected chi connectivity index (χ4v) is 5.65. The number of amidine groups is 1. The molecule has 0 radical (unpaired) electrons. The summed E-state index contributed by atoms with van der Waals surface area (Å²) in [5.41, 5.74) is 10.9. The van der Waals surface area contributed by atoms with Crippen molar-refractivity contribution in [3.8, 4) is 11.3 Å². The van der Waals surface area contributed by atoms with Gasteiger partial charge in [-0.05, 0) is 54.4 Å². The summed E-state index contributed by atoms with van der Waals surface area (Å²) in [6.07, 6.45) is 12.7. The first-order chi connectivity index (χ1) is 19.9. The van der Waals surface area contributed by atoms with Crippen LogP contribution in [0.2, 0.25) is 0 Å². The number of anilines is 1. The first kappa shape index (κ1) is 28.5. The lowest BCUT2D eigenvalue weighted by molar-refractivity contribution is 0.269. The van der Waals surface area contributed by atoms with Gasteiger partial charge < -0.3 is 10.4 Å². The third kappa shape index (κ3) is 6.17. The average Bonchev–Trinajstić information content (AvgIpc) is 3.55. The molecule has 8 heteroatoms. The Morgan fingerprint density at radius 3 is 2.66 bits per heavy atom. The van der Waals surface area contributed by atoms with Gasteiger partial charge in [-0.2, -0.15) is 10.2 Å². The predicted octanol–water partition coefficient (Wildman–Crippen LogP) is 6.31. The summed E-state index contributed by atoms with van der Waals surface area (Å²) in [5, 5.41) is 22.0. The van der Waals surface area contributed by atoms with Crippen molar-refractivity contribution in [3.05, 3.63) is 76.8 Å². The van der Waals surface area contributed by atoms with Gasteiger partial charge in [-0.1, -0.05) is 56.2 Å². The molecule has 0 saturated heterocycles. The van der Waals surface area contributed by atoms with Crippen LogP contribution in [0.4, 0.5) is 5.82 Å². The van der Waals surface area contributed by atoms with Crippen LogP contribution >= 0.6 is 0 Å². The number of aliphatic imine (C=N–C) groups is 2. The Labute approximate surface area is 242 Å². The number of hydrogen-bond acceptors (Lipinski definition) is 6. The van der Waals surface area contributed by atoms with Crippen LogP contribution in [0.1, 0.15) is 63.3 Å². The molecular formula is C33H41N7O. The van der Waals surface area contributed by atoms with Gasteiger partial charge in [0, 0.05) is 56.3 Å². The van der Waals surface area contributed by atoms with Crippen LogP contribution in [0.25, 0.3) is 22.4 Å². The molecular weight excluding hydrogens is 510 g/mol. The minimum absolute atomic E-state index is 0.0629. The molecule has 2 aromatic heterocycles. The molecule has 3 aromatic rings. The summed E-state index contributed by atoms with van der Waals surface area (Å²) in [6.45, 7) is 7.24. The molecule has 0 bridgehead atoms. The van der Waals surface area contributed by atoms with Crippen LogP contribution in [-0.4, -0.2) is 50.4 Å². The number of allylic oxidation sites excluding steroid dienone is 5. The van der Waals surface area contributed by atoms with Crippen LogP contribution in [0.3, 0.4) is 0 Å².